The molecule has 3 rings (SSSR count). The summed E-state index contributed by atoms with van der Waals surface area (Å²) in [7, 11) is 0. The molecule has 2 amide bonds. The van der Waals surface area contributed by atoms with Crippen molar-refractivity contribution in [2.24, 2.45) is 5.73 Å². The average molecular weight is 455 g/mol. The number of ether oxygens (including phenoxy) is 1. The van der Waals surface area contributed by atoms with Crippen LogP contribution < -0.4 is 16.4 Å². The number of rotatable bonds is 7. The number of nitrogens with zero attached hydrogens (tertiary/aromatic N) is 1. The van der Waals surface area contributed by atoms with Crippen LogP contribution in [-0.4, -0.2) is 55.6 Å². The summed E-state index contributed by atoms with van der Waals surface area (Å²) >= 11 is 0. The van der Waals surface area contributed by atoms with Gasteiger partial charge >= 0.3 is 0 Å². The van der Waals surface area contributed by atoms with Gasteiger partial charge in [0.1, 0.15) is 0 Å². The first-order chi connectivity index (χ1) is 13.6. The SMILES string of the molecule is Cl.Cl.NC(Cc1ccccc1)C(=O)Nc1ccc(NC(=O)CN2CCOCC2)cc1. The van der Waals surface area contributed by atoms with Gasteiger partial charge in [-0.1, -0.05) is 30.3 Å². The third-order valence-electron chi connectivity index (χ3n) is 4.54. The average Bonchev–Trinajstić information content (AvgIpc) is 2.71. The van der Waals surface area contributed by atoms with E-state index in [0.29, 0.717) is 37.6 Å². The minimum Gasteiger partial charge on any atom is -0.379 e. The molecule has 1 unspecified atom stereocenters. The Morgan fingerprint density at radius 3 is 2.10 bits per heavy atom. The molecule has 0 aliphatic carbocycles. The van der Waals surface area contributed by atoms with Gasteiger partial charge in [0.05, 0.1) is 25.8 Å². The molecular weight excluding hydrogens is 427 g/mol. The van der Waals surface area contributed by atoms with Crippen LogP contribution >= 0.6 is 24.8 Å². The number of amides is 2. The van der Waals surface area contributed by atoms with E-state index < -0.39 is 6.04 Å². The van der Waals surface area contributed by atoms with Gasteiger partial charge in [-0.3, -0.25) is 14.5 Å². The first kappa shape index (κ1) is 25.9. The highest BCUT2D eigenvalue weighted by Gasteiger charge is 2.15. The lowest BCUT2D eigenvalue weighted by atomic mass is 10.1. The predicted molar refractivity (Wildman–Crippen MR) is 124 cm³/mol. The Hall–Kier alpha value is -2.16. The van der Waals surface area contributed by atoms with Crippen molar-refractivity contribution < 1.29 is 14.3 Å². The standard InChI is InChI=1S/C21H26N4O3.2ClH/c22-19(14-16-4-2-1-3-5-16)21(27)24-18-8-6-17(7-9-18)23-20(26)15-25-10-12-28-13-11-25;;/h1-9,19H,10-15,22H2,(H,23,26)(H,24,27);2*1H. The normalized spacial score (nSPS) is 14.6. The fourth-order valence-electron chi connectivity index (χ4n) is 3.00. The van der Waals surface area contributed by atoms with Gasteiger partial charge in [0.2, 0.25) is 11.8 Å². The zero-order chi connectivity index (χ0) is 19.8. The molecule has 0 aromatic heterocycles. The van der Waals surface area contributed by atoms with Crippen molar-refractivity contribution >= 4 is 48.0 Å². The number of hydrogen-bond acceptors (Lipinski definition) is 5. The van der Waals surface area contributed by atoms with Crippen molar-refractivity contribution in [1.29, 1.82) is 0 Å². The van der Waals surface area contributed by atoms with Crippen molar-refractivity contribution in [3.05, 3.63) is 60.2 Å². The molecule has 1 aliphatic heterocycles. The Balaban J connectivity index is 0.00000225. The number of nitrogens with two attached hydrogens (primary N) is 1. The minimum absolute atomic E-state index is 0. The molecule has 1 aliphatic rings. The van der Waals surface area contributed by atoms with Crippen molar-refractivity contribution in [3.8, 4) is 0 Å². The number of nitrogens with one attached hydrogen (secondary N) is 2. The maximum Gasteiger partial charge on any atom is 0.241 e. The zero-order valence-electron chi connectivity index (χ0n) is 16.6. The fraction of sp³-hybridized carbons (Fsp3) is 0.333. The molecule has 2 aromatic rings. The van der Waals surface area contributed by atoms with Crippen LogP contribution in [0.25, 0.3) is 0 Å². The highest BCUT2D eigenvalue weighted by atomic mass is 35.5. The molecular formula is C21H28Cl2N4O3. The monoisotopic (exact) mass is 454 g/mol. The van der Waals surface area contributed by atoms with Crippen molar-refractivity contribution in [2.45, 2.75) is 12.5 Å². The third kappa shape index (κ3) is 8.30. The first-order valence-corrected chi connectivity index (χ1v) is 9.40. The lowest BCUT2D eigenvalue weighted by molar-refractivity contribution is -0.118. The maximum absolute atomic E-state index is 12.3. The van der Waals surface area contributed by atoms with Crippen molar-refractivity contribution in [1.82, 2.24) is 4.90 Å². The van der Waals surface area contributed by atoms with E-state index in [-0.39, 0.29) is 36.6 Å². The maximum atomic E-state index is 12.3. The van der Waals surface area contributed by atoms with E-state index in [4.69, 9.17) is 10.5 Å². The molecule has 4 N–H and O–H groups in total. The van der Waals surface area contributed by atoms with E-state index in [1.807, 2.05) is 30.3 Å². The molecule has 2 aromatic carbocycles. The summed E-state index contributed by atoms with van der Waals surface area (Å²) < 4.78 is 5.28. The number of carbonyl (C=O) groups excluding carboxylic acids is 2. The molecule has 0 radical (unpaired) electrons. The predicted octanol–water partition coefficient (Wildman–Crippen LogP) is 2.31. The van der Waals surface area contributed by atoms with Gasteiger partial charge in [-0.15, -0.1) is 24.8 Å². The summed E-state index contributed by atoms with van der Waals surface area (Å²) in [6.45, 7) is 3.20. The topological polar surface area (TPSA) is 96.7 Å². The second-order valence-corrected chi connectivity index (χ2v) is 6.80. The Kier molecular flexibility index (Phi) is 11.4. The molecule has 7 nitrogen and oxygen atoms in total. The van der Waals surface area contributed by atoms with Crippen LogP contribution in [0.3, 0.4) is 0 Å². The Labute approximate surface area is 189 Å². The number of carbonyl (C=O) groups is 2. The summed E-state index contributed by atoms with van der Waals surface area (Å²) in [6.07, 6.45) is 0.475. The number of anilines is 2. The second kappa shape index (κ2) is 13.2. The Bertz CT molecular complexity index is 785. The molecule has 164 valence electrons. The highest BCUT2D eigenvalue weighted by Crippen LogP contribution is 2.14. The summed E-state index contributed by atoms with van der Waals surface area (Å²) in [4.78, 5) is 26.5. The van der Waals surface area contributed by atoms with E-state index in [2.05, 4.69) is 15.5 Å². The smallest absolute Gasteiger partial charge is 0.241 e. The fourth-order valence-corrected chi connectivity index (χ4v) is 3.00. The molecule has 0 saturated carbocycles. The number of morpholine rings is 1. The number of benzene rings is 2. The van der Waals surface area contributed by atoms with Crippen LogP contribution in [0.2, 0.25) is 0 Å². The van der Waals surface area contributed by atoms with E-state index in [9.17, 15) is 9.59 Å². The van der Waals surface area contributed by atoms with Gasteiger partial charge in [0, 0.05) is 24.5 Å². The molecule has 30 heavy (non-hydrogen) atoms. The minimum atomic E-state index is -0.629. The molecule has 9 heteroatoms. The Morgan fingerprint density at radius 1 is 0.933 bits per heavy atom. The van der Waals surface area contributed by atoms with Gasteiger partial charge in [-0.2, -0.15) is 0 Å². The second-order valence-electron chi connectivity index (χ2n) is 6.80. The Morgan fingerprint density at radius 2 is 1.50 bits per heavy atom. The number of hydrogen-bond donors (Lipinski definition) is 3. The van der Waals surface area contributed by atoms with Crippen LogP contribution in [0.1, 0.15) is 5.56 Å². The molecule has 1 heterocycles. The van der Waals surface area contributed by atoms with E-state index in [0.717, 1.165) is 18.7 Å². The van der Waals surface area contributed by atoms with Gasteiger partial charge in [-0.25, -0.2) is 0 Å². The molecule has 1 saturated heterocycles. The van der Waals surface area contributed by atoms with Crippen LogP contribution in [-0.2, 0) is 20.7 Å². The van der Waals surface area contributed by atoms with Gasteiger partial charge in [0.25, 0.3) is 0 Å². The lowest BCUT2D eigenvalue weighted by Gasteiger charge is -2.25. The molecule has 1 atom stereocenters. The zero-order valence-corrected chi connectivity index (χ0v) is 18.2. The molecule has 0 spiro atoms. The van der Waals surface area contributed by atoms with Crippen molar-refractivity contribution in [3.63, 3.8) is 0 Å². The van der Waals surface area contributed by atoms with E-state index >= 15 is 0 Å². The van der Waals surface area contributed by atoms with Crippen LogP contribution in [0.15, 0.2) is 54.6 Å². The van der Waals surface area contributed by atoms with Gasteiger partial charge in [0.15, 0.2) is 0 Å². The van der Waals surface area contributed by atoms with Crippen LogP contribution in [0.5, 0.6) is 0 Å². The summed E-state index contributed by atoms with van der Waals surface area (Å²) in [5.74, 6) is -0.309. The summed E-state index contributed by atoms with van der Waals surface area (Å²) in [6, 6.07) is 16.0. The van der Waals surface area contributed by atoms with Gasteiger partial charge < -0.3 is 21.1 Å². The van der Waals surface area contributed by atoms with Gasteiger partial charge in [-0.05, 0) is 36.2 Å². The summed E-state index contributed by atoms with van der Waals surface area (Å²) in [5, 5.41) is 5.68. The first-order valence-electron chi connectivity index (χ1n) is 9.40. The van der Waals surface area contributed by atoms with Crippen LogP contribution in [0.4, 0.5) is 11.4 Å². The van der Waals surface area contributed by atoms with Crippen molar-refractivity contribution in [2.75, 3.05) is 43.5 Å². The third-order valence-corrected chi connectivity index (χ3v) is 4.54. The largest absolute Gasteiger partial charge is 0.379 e. The lowest BCUT2D eigenvalue weighted by Crippen LogP contribution is -2.41. The van der Waals surface area contributed by atoms with Crippen LogP contribution in [0, 0.1) is 0 Å². The molecule has 1 fully saturated rings. The number of halogens is 2. The van der Waals surface area contributed by atoms with E-state index in [1.165, 1.54) is 0 Å². The highest BCUT2D eigenvalue weighted by molar-refractivity contribution is 5.96. The summed E-state index contributed by atoms with van der Waals surface area (Å²) in [5.41, 5.74) is 8.34. The van der Waals surface area contributed by atoms with E-state index in [1.54, 1.807) is 24.3 Å². The quantitative estimate of drug-likeness (QED) is 0.596. The molecule has 0 bridgehead atoms.